The Morgan fingerprint density at radius 3 is 2.50 bits per heavy atom. The van der Waals surface area contributed by atoms with Gasteiger partial charge in [-0.25, -0.2) is 4.79 Å². The summed E-state index contributed by atoms with van der Waals surface area (Å²) in [7, 11) is 0. The summed E-state index contributed by atoms with van der Waals surface area (Å²) in [5, 5.41) is 10.8. The molecule has 0 bridgehead atoms. The van der Waals surface area contributed by atoms with Crippen molar-refractivity contribution in [1.82, 2.24) is 4.90 Å². The fourth-order valence-electron chi connectivity index (χ4n) is 2.46. The number of likely N-dealkylation sites (tertiary alicyclic amines) is 1. The molecule has 7 heteroatoms. The van der Waals surface area contributed by atoms with Crippen molar-refractivity contribution in [1.29, 1.82) is 0 Å². The van der Waals surface area contributed by atoms with Gasteiger partial charge in [0.2, 0.25) is 0 Å². The number of nitro groups is 1. The zero-order chi connectivity index (χ0) is 16.3. The van der Waals surface area contributed by atoms with Crippen LogP contribution in [-0.4, -0.2) is 40.9 Å². The average molecular weight is 306 g/mol. The molecule has 1 saturated heterocycles. The summed E-state index contributed by atoms with van der Waals surface area (Å²) in [6.45, 7) is 4.47. The van der Waals surface area contributed by atoms with Crippen molar-refractivity contribution in [3.63, 3.8) is 0 Å². The molecule has 1 heterocycles. The summed E-state index contributed by atoms with van der Waals surface area (Å²) in [5.74, 6) is -0.859. The Hall–Kier alpha value is -2.44. The van der Waals surface area contributed by atoms with Crippen LogP contribution >= 0.6 is 0 Å². The van der Waals surface area contributed by atoms with Gasteiger partial charge in [-0.2, -0.15) is 0 Å². The Kier molecular flexibility index (Phi) is 4.75. The standard InChI is InChI=1S/C15H18N2O5/c1-10-9-12(5-6-13(10)17(20)21)15(19)22-11(2)14(18)16-7-3-4-8-16/h5-6,9,11H,3-4,7-8H2,1-2H3. The van der Waals surface area contributed by atoms with Gasteiger partial charge >= 0.3 is 5.97 Å². The maximum atomic E-state index is 12.1. The number of aryl methyl sites for hydroxylation is 1. The minimum absolute atomic E-state index is 0.0576. The molecule has 0 N–H and O–H groups in total. The minimum atomic E-state index is -0.860. The number of amides is 1. The number of ether oxygens (including phenoxy) is 1. The molecule has 7 nitrogen and oxygen atoms in total. The van der Waals surface area contributed by atoms with Crippen LogP contribution in [0, 0.1) is 17.0 Å². The van der Waals surface area contributed by atoms with Gasteiger partial charge in [-0.3, -0.25) is 14.9 Å². The van der Waals surface area contributed by atoms with Crippen molar-refractivity contribution < 1.29 is 19.2 Å². The molecule has 0 aromatic heterocycles. The van der Waals surface area contributed by atoms with Gasteiger partial charge in [0, 0.05) is 24.7 Å². The lowest BCUT2D eigenvalue weighted by molar-refractivity contribution is -0.385. The summed E-state index contributed by atoms with van der Waals surface area (Å²) in [4.78, 5) is 36.1. The molecule has 22 heavy (non-hydrogen) atoms. The Balaban J connectivity index is 2.03. The second-order valence-electron chi connectivity index (χ2n) is 5.34. The van der Waals surface area contributed by atoms with E-state index in [0.29, 0.717) is 18.7 Å². The van der Waals surface area contributed by atoms with Gasteiger partial charge in [0.1, 0.15) is 0 Å². The van der Waals surface area contributed by atoms with Gasteiger partial charge in [-0.1, -0.05) is 0 Å². The SMILES string of the molecule is Cc1cc(C(=O)OC(C)C(=O)N2CCCC2)ccc1[N+](=O)[O-]. The fourth-order valence-corrected chi connectivity index (χ4v) is 2.46. The van der Waals surface area contributed by atoms with E-state index in [1.54, 1.807) is 11.8 Å². The van der Waals surface area contributed by atoms with Crippen LogP contribution < -0.4 is 0 Å². The second kappa shape index (κ2) is 6.55. The van der Waals surface area contributed by atoms with Gasteiger partial charge in [-0.15, -0.1) is 0 Å². The Bertz CT molecular complexity index is 608. The van der Waals surface area contributed by atoms with E-state index >= 15 is 0 Å². The van der Waals surface area contributed by atoms with Gasteiger partial charge < -0.3 is 9.64 Å². The third-order valence-corrected chi connectivity index (χ3v) is 3.68. The van der Waals surface area contributed by atoms with Crippen LogP contribution in [0.1, 0.15) is 35.7 Å². The van der Waals surface area contributed by atoms with Gasteiger partial charge in [0.25, 0.3) is 11.6 Å². The summed E-state index contributed by atoms with van der Waals surface area (Å²) >= 11 is 0. The maximum absolute atomic E-state index is 12.1. The van der Waals surface area contributed by atoms with Crippen molar-refractivity contribution in [2.45, 2.75) is 32.8 Å². The number of benzene rings is 1. The highest BCUT2D eigenvalue weighted by atomic mass is 16.6. The molecule has 0 aliphatic carbocycles. The van der Waals surface area contributed by atoms with E-state index in [-0.39, 0.29) is 17.2 Å². The number of nitrogens with zero attached hydrogens (tertiary/aromatic N) is 2. The van der Waals surface area contributed by atoms with Crippen molar-refractivity contribution in [3.05, 3.63) is 39.4 Å². The lowest BCUT2D eigenvalue weighted by atomic mass is 10.1. The van der Waals surface area contributed by atoms with Gasteiger partial charge in [0.05, 0.1) is 10.5 Å². The van der Waals surface area contributed by atoms with E-state index in [0.717, 1.165) is 12.8 Å². The van der Waals surface area contributed by atoms with Crippen LogP contribution in [-0.2, 0) is 9.53 Å². The third-order valence-electron chi connectivity index (χ3n) is 3.68. The second-order valence-corrected chi connectivity index (χ2v) is 5.34. The van der Waals surface area contributed by atoms with Crippen molar-refractivity contribution >= 4 is 17.6 Å². The van der Waals surface area contributed by atoms with Crippen molar-refractivity contribution in [2.24, 2.45) is 0 Å². The smallest absolute Gasteiger partial charge is 0.338 e. The minimum Gasteiger partial charge on any atom is -0.449 e. The maximum Gasteiger partial charge on any atom is 0.338 e. The molecule has 1 amide bonds. The predicted octanol–water partition coefficient (Wildman–Crippen LogP) is 2.07. The molecule has 1 aliphatic rings. The number of esters is 1. The first kappa shape index (κ1) is 15.9. The zero-order valence-electron chi connectivity index (χ0n) is 12.6. The molecular formula is C15H18N2O5. The van der Waals surface area contributed by atoms with Crippen molar-refractivity contribution in [3.8, 4) is 0 Å². The van der Waals surface area contributed by atoms with Crippen LogP contribution in [0.25, 0.3) is 0 Å². The van der Waals surface area contributed by atoms with E-state index < -0.39 is 17.0 Å². The Morgan fingerprint density at radius 2 is 1.95 bits per heavy atom. The normalized spacial score (nSPS) is 15.5. The molecule has 2 rings (SSSR count). The molecule has 1 unspecified atom stereocenters. The van der Waals surface area contributed by atoms with Crippen LogP contribution in [0.5, 0.6) is 0 Å². The summed E-state index contributed by atoms with van der Waals surface area (Å²) < 4.78 is 5.17. The number of hydrogen-bond donors (Lipinski definition) is 0. The number of rotatable bonds is 4. The average Bonchev–Trinajstić information content (AvgIpc) is 2.99. The molecule has 0 saturated carbocycles. The topological polar surface area (TPSA) is 89.8 Å². The summed E-state index contributed by atoms with van der Waals surface area (Å²) in [5.41, 5.74) is 0.514. The zero-order valence-corrected chi connectivity index (χ0v) is 12.6. The van der Waals surface area contributed by atoms with E-state index in [1.807, 2.05) is 0 Å². The molecular weight excluding hydrogens is 288 g/mol. The first-order valence-electron chi connectivity index (χ1n) is 7.15. The third kappa shape index (κ3) is 3.41. The molecule has 118 valence electrons. The lowest BCUT2D eigenvalue weighted by Crippen LogP contribution is -2.38. The number of nitro benzene ring substituents is 1. The molecule has 1 fully saturated rings. The monoisotopic (exact) mass is 306 g/mol. The highest BCUT2D eigenvalue weighted by Gasteiger charge is 2.26. The molecule has 0 radical (unpaired) electrons. The van der Waals surface area contributed by atoms with Crippen molar-refractivity contribution in [2.75, 3.05) is 13.1 Å². The Morgan fingerprint density at radius 1 is 1.32 bits per heavy atom. The van der Waals surface area contributed by atoms with E-state index in [4.69, 9.17) is 4.74 Å². The largest absolute Gasteiger partial charge is 0.449 e. The summed E-state index contributed by atoms with van der Waals surface area (Å²) in [6.07, 6.45) is 1.07. The molecule has 0 spiro atoms. The van der Waals surface area contributed by atoms with E-state index in [9.17, 15) is 19.7 Å². The summed E-state index contributed by atoms with van der Waals surface area (Å²) in [6, 6.07) is 3.99. The molecule has 1 atom stereocenters. The molecule has 1 aliphatic heterocycles. The quantitative estimate of drug-likeness (QED) is 0.482. The van der Waals surface area contributed by atoms with Gasteiger partial charge in [0.15, 0.2) is 6.10 Å². The molecule has 1 aromatic carbocycles. The lowest BCUT2D eigenvalue weighted by Gasteiger charge is -2.20. The van der Waals surface area contributed by atoms with Crippen LogP contribution in [0.3, 0.4) is 0 Å². The predicted molar refractivity (Wildman–Crippen MR) is 78.5 cm³/mol. The molecule has 1 aromatic rings. The fraction of sp³-hybridized carbons (Fsp3) is 0.467. The number of carbonyl (C=O) groups is 2. The van der Waals surface area contributed by atoms with E-state index in [1.165, 1.54) is 25.1 Å². The first-order chi connectivity index (χ1) is 10.4. The van der Waals surface area contributed by atoms with Crippen LogP contribution in [0.2, 0.25) is 0 Å². The Labute approximate surface area is 128 Å². The van der Waals surface area contributed by atoms with Crippen LogP contribution in [0.4, 0.5) is 5.69 Å². The van der Waals surface area contributed by atoms with Gasteiger partial charge in [-0.05, 0) is 38.8 Å². The number of hydrogen-bond acceptors (Lipinski definition) is 5. The highest BCUT2D eigenvalue weighted by Crippen LogP contribution is 2.20. The highest BCUT2D eigenvalue weighted by molar-refractivity contribution is 5.92. The first-order valence-corrected chi connectivity index (χ1v) is 7.15. The van der Waals surface area contributed by atoms with Crippen LogP contribution in [0.15, 0.2) is 18.2 Å². The number of carbonyl (C=O) groups excluding carboxylic acids is 2. The van der Waals surface area contributed by atoms with E-state index in [2.05, 4.69) is 0 Å².